The summed E-state index contributed by atoms with van der Waals surface area (Å²) in [5.41, 5.74) is 11.6. The molecule has 2 aromatic carbocycles. The second-order valence-corrected chi connectivity index (χ2v) is 9.45. The minimum Gasteiger partial charge on any atom is -0.496 e. The first kappa shape index (κ1) is 26.0. The Bertz CT molecular complexity index is 1140. The lowest BCUT2D eigenvalue weighted by Gasteiger charge is -2.38. The first-order chi connectivity index (χ1) is 17.0. The smallest absolute Gasteiger partial charge is 0.194 e. The Morgan fingerprint density at radius 2 is 1.78 bits per heavy atom. The van der Waals surface area contributed by atoms with Crippen LogP contribution in [-0.4, -0.2) is 63.9 Å². The molecule has 0 spiro atoms. The molecule has 3 N–H and O–H groups in total. The number of nitrogens with zero attached hydrogens (tertiary/aromatic N) is 3. The van der Waals surface area contributed by atoms with Crippen molar-refractivity contribution in [1.82, 2.24) is 10.2 Å². The van der Waals surface area contributed by atoms with Crippen molar-refractivity contribution in [3.63, 3.8) is 0 Å². The average Bonchev–Trinajstić information content (AvgIpc) is 3.07. The average molecular weight is 514 g/mol. The second kappa shape index (κ2) is 10.9. The van der Waals surface area contributed by atoms with Gasteiger partial charge in [-0.05, 0) is 37.1 Å². The van der Waals surface area contributed by atoms with E-state index >= 15 is 0 Å². The van der Waals surface area contributed by atoms with Gasteiger partial charge in [-0.2, -0.15) is 0 Å². The van der Waals surface area contributed by atoms with E-state index in [2.05, 4.69) is 53.2 Å². The number of piperazine rings is 1. The number of hydrogen-bond donors (Lipinski definition) is 2. The van der Waals surface area contributed by atoms with Crippen LogP contribution in [0.5, 0.6) is 17.2 Å². The fourth-order valence-corrected chi connectivity index (χ4v) is 5.19. The molecule has 0 amide bonds. The number of fused-ring (bicyclic) bond motifs is 2. The number of aliphatic imine (C=N–C) groups is 1. The fraction of sp³-hybridized carbons (Fsp3) is 0.444. The van der Waals surface area contributed by atoms with Gasteiger partial charge in [0.15, 0.2) is 5.96 Å². The van der Waals surface area contributed by atoms with Crippen LogP contribution < -0.4 is 30.2 Å². The lowest BCUT2D eigenvalue weighted by Crippen LogP contribution is -2.48. The molecule has 1 fully saturated rings. The molecule has 1 saturated heterocycles. The summed E-state index contributed by atoms with van der Waals surface area (Å²) in [5.74, 6) is 2.45. The highest BCUT2D eigenvalue weighted by molar-refractivity contribution is 5.94. The summed E-state index contributed by atoms with van der Waals surface area (Å²) in [7, 11) is 3.29. The lowest BCUT2D eigenvalue weighted by atomic mass is 9.91. The molecule has 3 heterocycles. The van der Waals surface area contributed by atoms with Crippen LogP contribution >= 0.6 is 12.4 Å². The van der Waals surface area contributed by atoms with Gasteiger partial charge in [-0.1, -0.05) is 12.1 Å². The summed E-state index contributed by atoms with van der Waals surface area (Å²) in [4.78, 5) is 9.78. The molecule has 9 heteroatoms. The van der Waals surface area contributed by atoms with Crippen molar-refractivity contribution >= 4 is 29.8 Å². The highest BCUT2D eigenvalue weighted by atomic mass is 35.5. The minimum atomic E-state index is -0.181. The van der Waals surface area contributed by atoms with Crippen LogP contribution in [-0.2, 0) is 0 Å². The van der Waals surface area contributed by atoms with Crippen molar-refractivity contribution < 1.29 is 14.2 Å². The standard InChI is InChI=1S/C27H35N5O3.ClH/c1-17(2)31-10-12-32(13-11-31)19-7-5-18(6-8-19)25-21-9-14-35-23-16-20(33-3)15-22(34-4)24(23)26(21)30-27(28)29-25;/h5-8,15-17,25H,9-14H2,1-4H3,(H3,28,29,30);1H. The van der Waals surface area contributed by atoms with Crippen LogP contribution in [0.1, 0.15) is 37.4 Å². The number of benzene rings is 2. The molecule has 0 saturated carbocycles. The van der Waals surface area contributed by atoms with Gasteiger partial charge in [-0.15, -0.1) is 12.4 Å². The van der Waals surface area contributed by atoms with Gasteiger partial charge in [-0.25, -0.2) is 4.99 Å². The van der Waals surface area contributed by atoms with Crippen molar-refractivity contribution in [1.29, 1.82) is 0 Å². The predicted octanol–water partition coefficient (Wildman–Crippen LogP) is 3.81. The molecular weight excluding hydrogens is 478 g/mol. The fourth-order valence-electron chi connectivity index (χ4n) is 5.19. The number of rotatable bonds is 5. The van der Waals surface area contributed by atoms with Gasteiger partial charge in [-0.3, -0.25) is 4.90 Å². The van der Waals surface area contributed by atoms with Gasteiger partial charge in [0.25, 0.3) is 0 Å². The molecule has 0 aliphatic carbocycles. The van der Waals surface area contributed by atoms with E-state index < -0.39 is 0 Å². The molecule has 194 valence electrons. The molecule has 1 atom stereocenters. The molecule has 1 unspecified atom stereocenters. The molecule has 0 bridgehead atoms. The maximum atomic E-state index is 6.29. The summed E-state index contributed by atoms with van der Waals surface area (Å²) in [5, 5.41) is 3.30. The summed E-state index contributed by atoms with van der Waals surface area (Å²) in [6, 6.07) is 12.9. The van der Waals surface area contributed by atoms with E-state index in [0.29, 0.717) is 35.9 Å². The first-order valence-corrected chi connectivity index (χ1v) is 12.3. The molecule has 2 aromatic rings. The summed E-state index contributed by atoms with van der Waals surface area (Å²) in [6.45, 7) is 9.34. The number of guanidine groups is 1. The van der Waals surface area contributed by atoms with Crippen molar-refractivity contribution in [3.05, 3.63) is 53.1 Å². The number of hydrogen-bond acceptors (Lipinski definition) is 8. The normalized spacial score (nSPS) is 19.8. The number of ether oxygens (including phenoxy) is 3. The van der Waals surface area contributed by atoms with E-state index in [4.69, 9.17) is 24.9 Å². The summed E-state index contributed by atoms with van der Waals surface area (Å²) >= 11 is 0. The zero-order chi connectivity index (χ0) is 24.5. The predicted molar refractivity (Wildman–Crippen MR) is 147 cm³/mol. The van der Waals surface area contributed by atoms with Crippen LogP contribution in [0, 0.1) is 0 Å². The topological polar surface area (TPSA) is 84.6 Å². The van der Waals surface area contributed by atoms with E-state index in [1.807, 2.05) is 12.1 Å². The lowest BCUT2D eigenvalue weighted by molar-refractivity contribution is 0.209. The third-order valence-corrected chi connectivity index (χ3v) is 7.17. The monoisotopic (exact) mass is 513 g/mol. The third kappa shape index (κ3) is 4.92. The van der Waals surface area contributed by atoms with Crippen molar-refractivity contribution in [3.8, 4) is 17.2 Å². The Hall–Kier alpha value is -3.10. The number of nitrogens with two attached hydrogens (primary N) is 1. The van der Waals surface area contributed by atoms with E-state index in [-0.39, 0.29) is 18.4 Å². The Balaban J connectivity index is 0.00000304. The van der Waals surface area contributed by atoms with Crippen LogP contribution in [0.15, 0.2) is 47.0 Å². The van der Waals surface area contributed by atoms with Gasteiger partial charge in [0.05, 0.1) is 32.1 Å². The van der Waals surface area contributed by atoms with Crippen molar-refractivity contribution in [2.75, 3.05) is 51.9 Å². The van der Waals surface area contributed by atoms with E-state index in [9.17, 15) is 0 Å². The van der Waals surface area contributed by atoms with Gasteiger partial charge in [0.1, 0.15) is 23.3 Å². The van der Waals surface area contributed by atoms with Gasteiger partial charge < -0.3 is 30.2 Å². The molecule has 0 radical (unpaired) electrons. The molecule has 0 aromatic heterocycles. The van der Waals surface area contributed by atoms with Crippen LogP contribution in [0.2, 0.25) is 0 Å². The van der Waals surface area contributed by atoms with Crippen molar-refractivity contribution in [2.45, 2.75) is 32.4 Å². The van der Waals surface area contributed by atoms with E-state index in [1.165, 1.54) is 5.69 Å². The second-order valence-electron chi connectivity index (χ2n) is 9.45. The Kier molecular flexibility index (Phi) is 7.85. The van der Waals surface area contributed by atoms with Crippen LogP contribution in [0.25, 0.3) is 5.70 Å². The zero-order valence-corrected chi connectivity index (χ0v) is 22.2. The largest absolute Gasteiger partial charge is 0.496 e. The van der Waals surface area contributed by atoms with Gasteiger partial charge in [0.2, 0.25) is 0 Å². The molecule has 3 aliphatic rings. The molecule has 8 nitrogen and oxygen atoms in total. The molecular formula is C27H36ClN5O3. The summed E-state index contributed by atoms with van der Waals surface area (Å²) in [6.07, 6.45) is 0.725. The maximum Gasteiger partial charge on any atom is 0.194 e. The Labute approximate surface area is 219 Å². The molecule has 3 aliphatic heterocycles. The number of anilines is 1. The number of halogens is 1. The highest BCUT2D eigenvalue weighted by Gasteiger charge is 2.32. The first-order valence-electron chi connectivity index (χ1n) is 12.3. The van der Waals surface area contributed by atoms with E-state index in [1.54, 1.807) is 14.2 Å². The third-order valence-electron chi connectivity index (χ3n) is 7.17. The van der Waals surface area contributed by atoms with E-state index in [0.717, 1.165) is 55.0 Å². The minimum absolute atomic E-state index is 0. The van der Waals surface area contributed by atoms with Crippen LogP contribution in [0.4, 0.5) is 5.69 Å². The van der Waals surface area contributed by atoms with Crippen molar-refractivity contribution in [2.24, 2.45) is 10.7 Å². The number of nitrogens with one attached hydrogen (secondary N) is 1. The molecule has 36 heavy (non-hydrogen) atoms. The Morgan fingerprint density at radius 1 is 1.06 bits per heavy atom. The maximum absolute atomic E-state index is 6.29. The number of methoxy groups -OCH3 is 2. The van der Waals surface area contributed by atoms with Gasteiger partial charge >= 0.3 is 0 Å². The molecule has 5 rings (SSSR count). The highest BCUT2D eigenvalue weighted by Crippen LogP contribution is 2.45. The SMILES string of the molecule is COc1cc(OC)c2c(c1)OCCC1=C2NC(N)=NC1c1ccc(N2CCN(C(C)C)CC2)cc1.Cl. The quantitative estimate of drug-likeness (QED) is 0.629. The Morgan fingerprint density at radius 3 is 2.42 bits per heavy atom. The summed E-state index contributed by atoms with van der Waals surface area (Å²) < 4.78 is 17.3. The zero-order valence-electron chi connectivity index (χ0n) is 21.4. The van der Waals surface area contributed by atoms with Gasteiger partial charge in [0, 0.05) is 56.5 Å². The van der Waals surface area contributed by atoms with Crippen LogP contribution in [0.3, 0.4) is 0 Å².